The Labute approximate surface area is 109 Å². The first-order chi connectivity index (χ1) is 8.12. The van der Waals surface area contributed by atoms with Crippen LogP contribution in [0, 0.1) is 11.8 Å². The van der Waals surface area contributed by atoms with Crippen LogP contribution in [0.1, 0.15) is 34.6 Å². The number of rotatable bonds is 2. The topological polar surface area (TPSA) is 60.9 Å². The Kier molecular flexibility index (Phi) is 4.24. The number of nitrogens with zero attached hydrogens (tertiary/aromatic N) is 2. The number of carboxylic acid groups (broad SMARTS) is 1. The molecule has 5 nitrogen and oxygen atoms in total. The van der Waals surface area contributed by atoms with Gasteiger partial charge in [-0.3, -0.25) is 4.79 Å². The number of aliphatic carboxylic acids is 1. The second-order valence-corrected chi connectivity index (χ2v) is 6.29. The normalized spacial score (nSPS) is 24.2. The van der Waals surface area contributed by atoms with Crippen LogP contribution in [0.25, 0.3) is 0 Å². The van der Waals surface area contributed by atoms with Crippen LogP contribution in [0.4, 0.5) is 4.79 Å². The maximum atomic E-state index is 12.4. The molecule has 104 valence electrons. The number of hydrogen-bond acceptors (Lipinski definition) is 2. The van der Waals surface area contributed by atoms with Gasteiger partial charge in [0.15, 0.2) is 0 Å². The molecular formula is C13H24N2O3. The Bertz CT molecular complexity index is 326. The van der Waals surface area contributed by atoms with Crippen molar-refractivity contribution < 1.29 is 14.7 Å². The van der Waals surface area contributed by atoms with Crippen LogP contribution in [0.15, 0.2) is 0 Å². The highest BCUT2D eigenvalue weighted by molar-refractivity contribution is 5.81. The summed E-state index contributed by atoms with van der Waals surface area (Å²) in [5.74, 6) is -0.0280. The van der Waals surface area contributed by atoms with Gasteiger partial charge in [-0.15, -0.1) is 0 Å². The van der Waals surface area contributed by atoms with Gasteiger partial charge in [0.25, 0.3) is 0 Å². The monoisotopic (exact) mass is 256 g/mol. The first kappa shape index (κ1) is 14.8. The number of carbonyl (C=O) groups excluding carboxylic acids is 1. The van der Waals surface area contributed by atoms with Crippen LogP contribution in [0.2, 0.25) is 0 Å². The predicted octanol–water partition coefficient (Wildman–Crippen LogP) is 1.88. The minimum absolute atomic E-state index is 0.166. The third-order valence-corrected chi connectivity index (χ3v) is 3.59. The van der Waals surface area contributed by atoms with Crippen molar-refractivity contribution in [3.8, 4) is 0 Å². The fraction of sp³-hybridized carbons (Fsp3) is 0.846. The summed E-state index contributed by atoms with van der Waals surface area (Å²) in [6.07, 6.45) is 0. The van der Waals surface area contributed by atoms with Crippen LogP contribution >= 0.6 is 0 Å². The van der Waals surface area contributed by atoms with Crippen molar-refractivity contribution >= 4 is 12.0 Å². The van der Waals surface area contributed by atoms with E-state index < -0.39 is 11.5 Å². The second kappa shape index (κ2) is 5.16. The second-order valence-electron chi connectivity index (χ2n) is 6.29. The van der Waals surface area contributed by atoms with Crippen molar-refractivity contribution in [3.05, 3.63) is 0 Å². The molecule has 0 saturated carbocycles. The highest BCUT2D eigenvalue weighted by atomic mass is 16.4. The molecule has 2 unspecified atom stereocenters. The lowest BCUT2D eigenvalue weighted by Gasteiger charge is -2.37. The summed E-state index contributed by atoms with van der Waals surface area (Å²) in [6.45, 7) is 11.0. The maximum Gasteiger partial charge on any atom is 0.323 e. The summed E-state index contributed by atoms with van der Waals surface area (Å²) in [5, 5.41) is 8.93. The molecule has 1 fully saturated rings. The Balaban J connectivity index is 2.80. The van der Waals surface area contributed by atoms with E-state index in [0.717, 1.165) is 0 Å². The molecule has 2 atom stereocenters. The van der Waals surface area contributed by atoms with Gasteiger partial charge in [-0.1, -0.05) is 13.8 Å². The van der Waals surface area contributed by atoms with E-state index in [4.69, 9.17) is 5.11 Å². The van der Waals surface area contributed by atoms with E-state index in [0.29, 0.717) is 24.9 Å². The van der Waals surface area contributed by atoms with Crippen LogP contribution in [-0.4, -0.2) is 52.1 Å². The van der Waals surface area contributed by atoms with Gasteiger partial charge < -0.3 is 14.9 Å². The van der Waals surface area contributed by atoms with E-state index in [1.807, 2.05) is 20.8 Å². The van der Waals surface area contributed by atoms with Crippen molar-refractivity contribution in [1.29, 1.82) is 0 Å². The Morgan fingerprint density at radius 2 is 1.67 bits per heavy atom. The minimum Gasteiger partial charge on any atom is -0.480 e. The predicted molar refractivity (Wildman–Crippen MR) is 69.4 cm³/mol. The quantitative estimate of drug-likeness (QED) is 0.820. The summed E-state index contributed by atoms with van der Waals surface area (Å²) in [5.41, 5.74) is -0.482. The molecule has 18 heavy (non-hydrogen) atoms. The maximum absolute atomic E-state index is 12.4. The molecule has 1 aliphatic rings. The molecule has 0 aliphatic carbocycles. The summed E-state index contributed by atoms with van der Waals surface area (Å²) >= 11 is 0. The molecule has 5 heteroatoms. The lowest BCUT2D eigenvalue weighted by Crippen LogP contribution is -2.53. The van der Waals surface area contributed by atoms with E-state index >= 15 is 0 Å². The van der Waals surface area contributed by atoms with Gasteiger partial charge in [0, 0.05) is 18.6 Å². The number of amides is 2. The zero-order valence-electron chi connectivity index (χ0n) is 11.9. The zero-order valence-corrected chi connectivity index (χ0v) is 11.9. The van der Waals surface area contributed by atoms with Gasteiger partial charge in [0.2, 0.25) is 0 Å². The lowest BCUT2D eigenvalue weighted by molar-refractivity contribution is -0.138. The molecule has 1 rings (SSSR count). The average Bonchev–Trinajstić information content (AvgIpc) is 2.53. The molecule has 1 saturated heterocycles. The lowest BCUT2D eigenvalue weighted by atomic mass is 10.0. The third kappa shape index (κ3) is 3.37. The van der Waals surface area contributed by atoms with Gasteiger partial charge in [-0.25, -0.2) is 4.79 Å². The minimum atomic E-state index is -0.974. The standard InChI is InChI=1S/C13H24N2O3/c1-9-6-14(7-10(9)2)12(18)15(8-11(16)17)13(3,4)5/h9-10H,6-8H2,1-5H3,(H,16,17). The Morgan fingerprint density at radius 1 is 1.22 bits per heavy atom. The summed E-state index contributed by atoms with van der Waals surface area (Å²) in [6, 6.07) is -0.166. The third-order valence-electron chi connectivity index (χ3n) is 3.59. The van der Waals surface area contributed by atoms with Gasteiger partial charge in [0.05, 0.1) is 0 Å². The molecule has 2 amide bonds. The van der Waals surface area contributed by atoms with Crippen LogP contribution < -0.4 is 0 Å². The van der Waals surface area contributed by atoms with Crippen molar-refractivity contribution in [2.45, 2.75) is 40.2 Å². The molecule has 0 aromatic heterocycles. The summed E-state index contributed by atoms with van der Waals surface area (Å²) < 4.78 is 0. The number of carboxylic acids is 1. The smallest absolute Gasteiger partial charge is 0.323 e. The molecule has 1 aliphatic heterocycles. The van der Waals surface area contributed by atoms with Gasteiger partial charge in [0.1, 0.15) is 6.54 Å². The first-order valence-corrected chi connectivity index (χ1v) is 6.41. The molecule has 0 aromatic rings. The van der Waals surface area contributed by atoms with Gasteiger partial charge >= 0.3 is 12.0 Å². The first-order valence-electron chi connectivity index (χ1n) is 6.41. The SMILES string of the molecule is CC1CN(C(=O)N(CC(=O)O)C(C)(C)C)CC1C. The van der Waals surface area contributed by atoms with E-state index in [-0.39, 0.29) is 12.6 Å². The van der Waals surface area contributed by atoms with Gasteiger partial charge in [-0.05, 0) is 32.6 Å². The van der Waals surface area contributed by atoms with E-state index in [1.165, 1.54) is 4.90 Å². The summed E-state index contributed by atoms with van der Waals surface area (Å²) in [4.78, 5) is 26.5. The molecule has 1 N–H and O–H groups in total. The van der Waals surface area contributed by atoms with E-state index in [9.17, 15) is 9.59 Å². The highest BCUT2D eigenvalue weighted by Gasteiger charge is 2.36. The number of urea groups is 1. The van der Waals surface area contributed by atoms with Crippen LogP contribution in [0.5, 0.6) is 0 Å². The zero-order chi connectivity index (χ0) is 14.1. The highest BCUT2D eigenvalue weighted by Crippen LogP contribution is 2.25. The van der Waals surface area contributed by atoms with Crippen LogP contribution in [0.3, 0.4) is 0 Å². The molecule has 1 heterocycles. The average molecular weight is 256 g/mol. The Hall–Kier alpha value is -1.26. The molecule has 0 radical (unpaired) electrons. The van der Waals surface area contributed by atoms with Crippen molar-refractivity contribution in [3.63, 3.8) is 0 Å². The molecule has 0 aromatic carbocycles. The van der Waals surface area contributed by atoms with Crippen molar-refractivity contribution in [2.24, 2.45) is 11.8 Å². The van der Waals surface area contributed by atoms with E-state index in [1.54, 1.807) is 4.90 Å². The number of carbonyl (C=O) groups is 2. The number of likely N-dealkylation sites (tertiary alicyclic amines) is 1. The summed E-state index contributed by atoms with van der Waals surface area (Å²) in [7, 11) is 0. The fourth-order valence-corrected chi connectivity index (χ4v) is 2.18. The number of hydrogen-bond donors (Lipinski definition) is 1. The van der Waals surface area contributed by atoms with E-state index in [2.05, 4.69) is 13.8 Å². The molecule has 0 spiro atoms. The van der Waals surface area contributed by atoms with Crippen LogP contribution in [-0.2, 0) is 4.79 Å². The van der Waals surface area contributed by atoms with Gasteiger partial charge in [-0.2, -0.15) is 0 Å². The largest absolute Gasteiger partial charge is 0.480 e. The van der Waals surface area contributed by atoms with Crippen molar-refractivity contribution in [1.82, 2.24) is 9.80 Å². The van der Waals surface area contributed by atoms with Crippen molar-refractivity contribution in [2.75, 3.05) is 19.6 Å². The fourth-order valence-electron chi connectivity index (χ4n) is 2.18. The molecule has 0 bridgehead atoms. The Morgan fingerprint density at radius 3 is 2.00 bits per heavy atom. The molecular weight excluding hydrogens is 232 g/mol.